The van der Waals surface area contributed by atoms with E-state index in [4.69, 9.17) is 10.1 Å². The minimum Gasteiger partial charge on any atom is -0.512 e. The third-order valence-electron chi connectivity index (χ3n) is 8.37. The molecule has 0 unspecified atom stereocenters. The van der Waals surface area contributed by atoms with Crippen molar-refractivity contribution >= 4 is 58.8 Å². The smallest absolute Gasteiger partial charge is 0.155 e. The maximum atomic E-state index is 10.0. The van der Waals surface area contributed by atoms with Gasteiger partial charge in [0.15, 0.2) is 5.78 Å². The maximum Gasteiger partial charge on any atom is 0.155 e. The largest absolute Gasteiger partial charge is 0.512 e. The summed E-state index contributed by atoms with van der Waals surface area (Å²) in [6.45, 7) is 11.9. The van der Waals surface area contributed by atoms with Crippen LogP contribution in [0.1, 0.15) is 44.4 Å². The number of pyridine rings is 1. The Morgan fingerprint density at radius 1 is 0.872 bits per heavy atom. The Hall–Kier alpha value is -4.15. The number of nitrogens with zero attached hydrogens (tertiary/aromatic N) is 1. The molecule has 5 aromatic carbocycles. The number of thiophene rings is 1. The average molecular weight is 813 g/mol. The predicted molar refractivity (Wildman–Crippen MR) is 197 cm³/mol. The van der Waals surface area contributed by atoms with Gasteiger partial charge < -0.3 is 5.11 Å². The van der Waals surface area contributed by atoms with Crippen LogP contribution in [0.5, 0.6) is 0 Å². The van der Waals surface area contributed by atoms with Crippen molar-refractivity contribution in [1.82, 2.24) is 4.98 Å². The first-order valence-corrected chi connectivity index (χ1v) is 16.6. The van der Waals surface area contributed by atoms with Crippen LogP contribution in [0.3, 0.4) is 0 Å². The quantitative estimate of drug-likeness (QED) is 0.0815. The molecule has 5 heteroatoms. The van der Waals surface area contributed by atoms with Gasteiger partial charge in [0.25, 0.3) is 0 Å². The zero-order chi connectivity index (χ0) is 32.5. The Kier molecular flexibility index (Phi) is 10.4. The fourth-order valence-corrected chi connectivity index (χ4v) is 7.73. The number of aliphatic hydroxyl groups excluding tert-OH is 1. The molecule has 0 aliphatic heterocycles. The van der Waals surface area contributed by atoms with E-state index in [-0.39, 0.29) is 31.6 Å². The molecule has 47 heavy (non-hydrogen) atoms. The molecule has 7 rings (SSSR count). The molecular formula is C42H38IrNO2S-. The Labute approximate surface area is 294 Å². The number of aryl methyl sites for hydroxylation is 2. The number of aromatic nitrogens is 1. The maximum absolute atomic E-state index is 10.0. The van der Waals surface area contributed by atoms with Crippen LogP contribution in [0, 0.1) is 25.8 Å². The molecule has 239 valence electrons. The molecule has 1 radical (unpaired) electrons. The van der Waals surface area contributed by atoms with E-state index in [9.17, 15) is 4.79 Å². The molecule has 0 saturated carbocycles. The number of fused-ring (bicyclic) bond motifs is 6. The molecule has 3 nitrogen and oxygen atoms in total. The van der Waals surface area contributed by atoms with Crippen molar-refractivity contribution in [3.63, 3.8) is 0 Å². The first kappa shape index (κ1) is 34.2. The van der Waals surface area contributed by atoms with Crippen molar-refractivity contribution in [3.05, 3.63) is 126 Å². The average Bonchev–Trinajstić information content (AvgIpc) is 3.41. The molecule has 0 amide bonds. The van der Waals surface area contributed by atoms with Crippen LogP contribution in [0.25, 0.3) is 64.1 Å². The summed E-state index contributed by atoms with van der Waals surface area (Å²) in [5.74, 6) is 0.491. The molecule has 0 aliphatic rings. The van der Waals surface area contributed by atoms with Gasteiger partial charge in [0.05, 0.1) is 5.76 Å². The van der Waals surface area contributed by atoms with Gasteiger partial charge in [-0.3, -0.25) is 9.78 Å². The van der Waals surface area contributed by atoms with E-state index in [1.54, 1.807) is 0 Å². The zero-order valence-electron chi connectivity index (χ0n) is 27.6. The van der Waals surface area contributed by atoms with Crippen LogP contribution in [-0.4, -0.2) is 15.9 Å². The summed E-state index contributed by atoms with van der Waals surface area (Å²) in [5, 5.41) is 16.0. The minimum atomic E-state index is -0.125. The molecule has 0 saturated heterocycles. The van der Waals surface area contributed by atoms with Crippen LogP contribution in [0.4, 0.5) is 0 Å². The van der Waals surface area contributed by atoms with Crippen molar-refractivity contribution in [2.45, 2.75) is 48.0 Å². The molecule has 2 heterocycles. The number of benzene rings is 5. The molecule has 0 fully saturated rings. The summed E-state index contributed by atoms with van der Waals surface area (Å²) in [6, 6.07) is 34.7. The van der Waals surface area contributed by atoms with E-state index in [0.29, 0.717) is 5.92 Å². The van der Waals surface area contributed by atoms with Gasteiger partial charge in [-0.1, -0.05) is 91.5 Å². The monoisotopic (exact) mass is 813 g/mol. The summed E-state index contributed by atoms with van der Waals surface area (Å²) in [4.78, 5) is 15.0. The van der Waals surface area contributed by atoms with Crippen molar-refractivity contribution in [1.29, 1.82) is 0 Å². The Morgan fingerprint density at radius 2 is 1.60 bits per heavy atom. The van der Waals surface area contributed by atoms with E-state index >= 15 is 0 Å². The fourth-order valence-electron chi connectivity index (χ4n) is 6.43. The standard InChI is InChI=1S/C37H30NS.C5H8O2.Ir/c1-22(2)19-27-21-28(20-26-14-13-25-10-6-8-12-31(25)34(26)27)35-37-33(17-18-38-35)32-16-15-30(24(4)36(32)39-37)29-11-7-5-9-23(29)3;1-4(6)3-5(2)7;/h5-18,21-22H,19H2,1-4H3;3,6H,1-2H3;/q-1;;/b;4-3-;. The Bertz CT molecular complexity index is 2290. The zero-order valence-corrected chi connectivity index (χ0v) is 30.8. The first-order valence-electron chi connectivity index (χ1n) is 15.7. The number of carbonyl (C=O) groups excluding carboxylic acids is 1. The van der Waals surface area contributed by atoms with E-state index in [0.717, 1.165) is 17.7 Å². The van der Waals surface area contributed by atoms with Crippen LogP contribution in [0.15, 0.2) is 103 Å². The van der Waals surface area contributed by atoms with Gasteiger partial charge in [0.2, 0.25) is 0 Å². The molecule has 0 aliphatic carbocycles. The van der Waals surface area contributed by atoms with E-state index in [1.807, 2.05) is 17.5 Å². The fraction of sp³-hybridized carbons (Fsp3) is 0.190. The molecule has 0 spiro atoms. The normalized spacial score (nSPS) is 11.6. The molecule has 2 aromatic heterocycles. The van der Waals surface area contributed by atoms with Gasteiger partial charge in [-0.2, -0.15) is 0 Å². The van der Waals surface area contributed by atoms with Gasteiger partial charge in [0, 0.05) is 52.9 Å². The molecule has 1 N–H and O–H groups in total. The van der Waals surface area contributed by atoms with Crippen LogP contribution in [-0.2, 0) is 31.3 Å². The number of carbonyl (C=O) groups is 1. The SMILES string of the molecule is CC(=O)/C=C(/C)O.Cc1ccccc1-c1ccc2c(sc3c(-c4[c-]c5ccc6ccccc6c5c(CC(C)C)c4)nccc32)c1C.[Ir]. The van der Waals surface area contributed by atoms with Crippen molar-refractivity contribution < 1.29 is 30.0 Å². The Balaban J connectivity index is 0.000000491. The second-order valence-corrected chi connectivity index (χ2v) is 13.5. The molecule has 7 aromatic rings. The Morgan fingerprint density at radius 3 is 2.30 bits per heavy atom. The topological polar surface area (TPSA) is 50.2 Å². The number of ketones is 1. The van der Waals surface area contributed by atoms with Crippen LogP contribution >= 0.6 is 11.3 Å². The van der Waals surface area contributed by atoms with Crippen molar-refractivity contribution in [3.8, 4) is 22.4 Å². The third kappa shape index (κ3) is 6.94. The van der Waals surface area contributed by atoms with Crippen molar-refractivity contribution in [2.75, 3.05) is 0 Å². The summed E-state index contributed by atoms with van der Waals surface area (Å²) >= 11 is 1.87. The number of aliphatic hydroxyl groups is 1. The van der Waals surface area contributed by atoms with Crippen LogP contribution < -0.4 is 0 Å². The third-order valence-corrected chi connectivity index (χ3v) is 9.72. The number of hydrogen-bond donors (Lipinski definition) is 1. The van der Waals surface area contributed by atoms with Gasteiger partial charge in [-0.25, -0.2) is 0 Å². The number of hydrogen-bond acceptors (Lipinski definition) is 4. The van der Waals surface area contributed by atoms with E-state index in [1.165, 1.54) is 89.5 Å². The van der Waals surface area contributed by atoms with Gasteiger partial charge in [-0.15, -0.1) is 40.5 Å². The second kappa shape index (κ2) is 14.3. The molecule has 0 atom stereocenters. The van der Waals surface area contributed by atoms with Gasteiger partial charge in [-0.05, 0) is 84.5 Å². The van der Waals surface area contributed by atoms with E-state index in [2.05, 4.69) is 119 Å². The molecular weight excluding hydrogens is 775 g/mol. The van der Waals surface area contributed by atoms with Crippen molar-refractivity contribution in [2.24, 2.45) is 5.92 Å². The summed E-state index contributed by atoms with van der Waals surface area (Å²) < 4.78 is 2.58. The van der Waals surface area contributed by atoms with Gasteiger partial charge >= 0.3 is 0 Å². The number of allylic oxidation sites excluding steroid dienone is 2. The summed E-state index contributed by atoms with van der Waals surface area (Å²) in [5.41, 5.74) is 8.76. The molecule has 0 bridgehead atoms. The summed E-state index contributed by atoms with van der Waals surface area (Å²) in [7, 11) is 0. The number of rotatable bonds is 5. The summed E-state index contributed by atoms with van der Waals surface area (Å²) in [6.07, 6.45) is 4.16. The minimum absolute atomic E-state index is 0. The van der Waals surface area contributed by atoms with E-state index < -0.39 is 0 Å². The second-order valence-electron chi connectivity index (χ2n) is 12.5. The predicted octanol–water partition coefficient (Wildman–Crippen LogP) is 11.7. The van der Waals surface area contributed by atoms with Gasteiger partial charge in [0.1, 0.15) is 0 Å². The van der Waals surface area contributed by atoms with Crippen LogP contribution in [0.2, 0.25) is 0 Å². The first-order chi connectivity index (χ1) is 22.1.